The van der Waals surface area contributed by atoms with E-state index in [0.717, 1.165) is 61.2 Å². The van der Waals surface area contributed by atoms with Crippen LogP contribution in [0.4, 0.5) is 0 Å². The summed E-state index contributed by atoms with van der Waals surface area (Å²) >= 11 is 0. The van der Waals surface area contributed by atoms with Gasteiger partial charge in [0.25, 0.3) is 5.91 Å². The van der Waals surface area contributed by atoms with Crippen molar-refractivity contribution < 1.29 is 14.6 Å². The molecule has 35 heavy (non-hydrogen) atoms. The van der Waals surface area contributed by atoms with E-state index in [-0.39, 0.29) is 30.7 Å². The highest BCUT2D eigenvalue weighted by Crippen LogP contribution is 2.54. The van der Waals surface area contributed by atoms with Crippen LogP contribution >= 0.6 is 0 Å². The van der Waals surface area contributed by atoms with Crippen molar-refractivity contribution in [1.82, 2.24) is 19.8 Å². The molecule has 1 saturated heterocycles. The maximum Gasteiger partial charge on any atom is 0.252 e. The van der Waals surface area contributed by atoms with Crippen LogP contribution in [0.5, 0.6) is 0 Å². The van der Waals surface area contributed by atoms with Crippen LogP contribution in [0.3, 0.4) is 0 Å². The molecule has 0 aliphatic carbocycles. The molecule has 0 radical (unpaired) electrons. The predicted octanol–water partition coefficient (Wildman–Crippen LogP) is 3.95. The summed E-state index contributed by atoms with van der Waals surface area (Å²) in [5, 5.41) is 21.5. The first-order chi connectivity index (χ1) is 17.1. The zero-order valence-corrected chi connectivity index (χ0v) is 19.6. The first-order valence-electron chi connectivity index (χ1n) is 12.3. The highest BCUT2D eigenvalue weighted by molar-refractivity contribution is 6.31. The number of nitrogens with zero attached hydrogens (tertiary/aromatic N) is 2. The Kier molecular flexibility index (Phi) is 3.65. The molecule has 0 saturated carbocycles. The molecule has 7 heteroatoms. The second kappa shape index (κ2) is 6.43. The van der Waals surface area contributed by atoms with Gasteiger partial charge < -0.3 is 29.6 Å². The molecular weight excluding hydrogens is 440 g/mol. The topological polar surface area (TPSA) is 80.4 Å². The average Bonchev–Trinajstić information content (AvgIpc) is 3.51. The van der Waals surface area contributed by atoms with E-state index in [0.29, 0.717) is 6.54 Å². The number of nitrogens with one attached hydrogen (secondary N) is 2. The van der Waals surface area contributed by atoms with E-state index in [1.807, 2.05) is 13.1 Å². The van der Waals surface area contributed by atoms with E-state index >= 15 is 0 Å². The Hall–Kier alpha value is -3.39. The number of benzene rings is 3. The molecule has 0 unspecified atom stereocenters. The van der Waals surface area contributed by atoms with Gasteiger partial charge in [-0.1, -0.05) is 36.4 Å². The normalized spacial score (nSPS) is 27.3. The van der Waals surface area contributed by atoms with Gasteiger partial charge in [-0.15, -0.1) is 0 Å². The van der Waals surface area contributed by atoms with Gasteiger partial charge in [0.05, 0.1) is 34.2 Å². The van der Waals surface area contributed by atoms with Crippen LogP contribution in [0.15, 0.2) is 48.5 Å². The number of carbonyl (C=O) groups excluding carboxylic acids is 1. The summed E-state index contributed by atoms with van der Waals surface area (Å²) in [7, 11) is 1.97. The van der Waals surface area contributed by atoms with Crippen LogP contribution in [-0.2, 0) is 17.0 Å². The van der Waals surface area contributed by atoms with Crippen molar-refractivity contribution in [2.45, 2.75) is 37.9 Å². The van der Waals surface area contributed by atoms with Crippen LogP contribution in [0.1, 0.15) is 35.5 Å². The van der Waals surface area contributed by atoms with Gasteiger partial charge in [0, 0.05) is 46.5 Å². The lowest BCUT2D eigenvalue weighted by Gasteiger charge is -2.48. The van der Waals surface area contributed by atoms with Crippen molar-refractivity contribution in [3.05, 3.63) is 59.7 Å². The van der Waals surface area contributed by atoms with Gasteiger partial charge in [0.1, 0.15) is 6.23 Å². The molecule has 1 amide bonds. The van der Waals surface area contributed by atoms with Gasteiger partial charge in [-0.25, -0.2) is 0 Å². The summed E-state index contributed by atoms with van der Waals surface area (Å²) in [4.78, 5) is 13.3. The number of fused-ring (bicyclic) bond motifs is 13. The number of amides is 1. The Bertz CT molecular complexity index is 1750. The number of hydrogen-bond acceptors (Lipinski definition) is 4. The number of aliphatic hydroxyl groups excluding tert-OH is 1. The van der Waals surface area contributed by atoms with E-state index in [4.69, 9.17) is 4.74 Å². The Labute approximate surface area is 201 Å². The molecule has 5 heterocycles. The summed E-state index contributed by atoms with van der Waals surface area (Å²) in [6.45, 7) is 2.64. The fourth-order valence-corrected chi connectivity index (χ4v) is 7.40. The highest BCUT2D eigenvalue weighted by atomic mass is 16.5. The minimum Gasteiger partial charge on any atom is -0.396 e. The average molecular weight is 467 g/mol. The van der Waals surface area contributed by atoms with Crippen molar-refractivity contribution in [1.29, 1.82) is 0 Å². The van der Waals surface area contributed by atoms with Crippen molar-refractivity contribution in [2.24, 2.45) is 5.92 Å². The van der Waals surface area contributed by atoms with Gasteiger partial charge in [-0.3, -0.25) is 4.79 Å². The van der Waals surface area contributed by atoms with Crippen LogP contribution in [0.2, 0.25) is 0 Å². The summed E-state index contributed by atoms with van der Waals surface area (Å²) in [6, 6.07) is 16.8. The third kappa shape index (κ3) is 2.12. The fourth-order valence-electron chi connectivity index (χ4n) is 7.40. The SMILES string of the molecule is CN[C@@H]1C[C@H]2O[C@@](C)([C@@H]1CO)n1c3ccccc3c3c4c(c5c6ccccc6n2c5c31)C(=O)NC4. The fraction of sp³-hybridized carbons (Fsp3) is 0.321. The zero-order valence-electron chi connectivity index (χ0n) is 19.6. The van der Waals surface area contributed by atoms with Gasteiger partial charge in [0.2, 0.25) is 0 Å². The second-order valence-electron chi connectivity index (χ2n) is 10.3. The molecule has 4 atom stereocenters. The summed E-state index contributed by atoms with van der Waals surface area (Å²) < 4.78 is 11.7. The Morgan fingerprint density at radius 2 is 1.80 bits per heavy atom. The van der Waals surface area contributed by atoms with E-state index in [1.54, 1.807) is 0 Å². The minimum atomic E-state index is -0.788. The lowest BCUT2D eigenvalue weighted by atomic mass is 9.84. The molecule has 3 N–H and O–H groups in total. The smallest absolute Gasteiger partial charge is 0.252 e. The number of para-hydroxylation sites is 2. The minimum absolute atomic E-state index is 0.00644. The van der Waals surface area contributed by atoms with Crippen molar-refractivity contribution in [3.63, 3.8) is 0 Å². The van der Waals surface area contributed by atoms with Gasteiger partial charge >= 0.3 is 0 Å². The van der Waals surface area contributed by atoms with Crippen molar-refractivity contribution >= 4 is 49.5 Å². The van der Waals surface area contributed by atoms with Crippen LogP contribution in [-0.4, -0.2) is 39.8 Å². The molecule has 8 rings (SSSR count). The van der Waals surface area contributed by atoms with E-state index < -0.39 is 5.72 Å². The zero-order chi connectivity index (χ0) is 23.6. The molecule has 2 bridgehead atoms. The molecule has 7 nitrogen and oxygen atoms in total. The predicted molar refractivity (Wildman–Crippen MR) is 135 cm³/mol. The van der Waals surface area contributed by atoms with E-state index in [1.165, 1.54) is 0 Å². The maximum atomic E-state index is 13.3. The summed E-state index contributed by atoms with van der Waals surface area (Å²) in [6.07, 6.45) is 0.477. The van der Waals surface area contributed by atoms with E-state index in [9.17, 15) is 9.90 Å². The maximum absolute atomic E-state index is 13.3. The third-order valence-electron chi connectivity index (χ3n) is 8.82. The molecule has 176 valence electrons. The number of aromatic nitrogens is 2. The van der Waals surface area contributed by atoms with Gasteiger partial charge in [-0.2, -0.15) is 0 Å². The van der Waals surface area contributed by atoms with Crippen LogP contribution in [0, 0.1) is 5.92 Å². The largest absolute Gasteiger partial charge is 0.396 e. The van der Waals surface area contributed by atoms with Crippen molar-refractivity contribution in [3.8, 4) is 0 Å². The highest BCUT2D eigenvalue weighted by Gasteiger charge is 2.52. The van der Waals surface area contributed by atoms with Gasteiger partial charge in [-0.05, 0) is 31.7 Å². The third-order valence-corrected chi connectivity index (χ3v) is 8.82. The molecule has 3 aliphatic rings. The Balaban J connectivity index is 1.72. The molecule has 3 aliphatic heterocycles. The number of rotatable bonds is 2. The standard InChI is InChI=1S/C28H26N4O3/c1-28-17(13-33)18(29-2)11-21(35-28)31-19-9-5-3-7-14(19)23-24-16(12-30-27(24)34)22-15-8-4-6-10-20(15)32(28)26(22)25(23)31/h3-10,17-18,21,29,33H,11-13H2,1-2H3,(H,30,34)/t17-,18-,21-,28+/m1/s1. The Morgan fingerprint density at radius 1 is 1.09 bits per heavy atom. The molecule has 2 aromatic heterocycles. The quantitative estimate of drug-likeness (QED) is 0.368. The first kappa shape index (κ1) is 19.9. The first-order valence-corrected chi connectivity index (χ1v) is 12.3. The van der Waals surface area contributed by atoms with E-state index in [2.05, 4.69) is 69.2 Å². The van der Waals surface area contributed by atoms with Gasteiger partial charge in [0.15, 0.2) is 5.72 Å². The Morgan fingerprint density at radius 3 is 2.54 bits per heavy atom. The molecule has 0 spiro atoms. The lowest BCUT2D eigenvalue weighted by Crippen LogP contribution is -2.56. The lowest BCUT2D eigenvalue weighted by molar-refractivity contribution is -0.234. The molecular formula is C28H26N4O3. The monoisotopic (exact) mass is 466 g/mol. The number of ether oxygens (including phenoxy) is 1. The summed E-state index contributed by atoms with van der Waals surface area (Å²) in [5.74, 6) is -0.163. The molecule has 5 aromatic rings. The second-order valence-corrected chi connectivity index (χ2v) is 10.3. The molecule has 3 aromatic carbocycles. The number of hydrogen-bond donors (Lipinski definition) is 3. The van der Waals surface area contributed by atoms with Crippen molar-refractivity contribution in [2.75, 3.05) is 13.7 Å². The summed E-state index contributed by atoms with van der Waals surface area (Å²) in [5.41, 5.74) is 5.33. The molecule has 1 fully saturated rings. The number of carbonyl (C=O) groups is 1. The van der Waals surface area contributed by atoms with Crippen LogP contribution in [0.25, 0.3) is 43.6 Å². The number of aliphatic hydroxyl groups is 1. The van der Waals surface area contributed by atoms with Crippen LogP contribution < -0.4 is 10.6 Å².